The van der Waals surface area contributed by atoms with Gasteiger partial charge in [-0.2, -0.15) is 0 Å². The van der Waals surface area contributed by atoms with Crippen molar-refractivity contribution in [2.24, 2.45) is 5.92 Å². The summed E-state index contributed by atoms with van der Waals surface area (Å²) in [6.45, 7) is 0. The van der Waals surface area contributed by atoms with Gasteiger partial charge in [0.1, 0.15) is 5.82 Å². The van der Waals surface area contributed by atoms with Crippen molar-refractivity contribution in [2.75, 3.05) is 5.32 Å². The van der Waals surface area contributed by atoms with Crippen LogP contribution >= 0.6 is 0 Å². The Balaban J connectivity index is 1.51. The van der Waals surface area contributed by atoms with Crippen LogP contribution in [0, 0.1) is 11.7 Å². The third-order valence-corrected chi connectivity index (χ3v) is 5.40. The van der Waals surface area contributed by atoms with Crippen LogP contribution in [0.2, 0.25) is 0 Å². The van der Waals surface area contributed by atoms with Crippen LogP contribution in [-0.2, 0) is 4.79 Å². The summed E-state index contributed by atoms with van der Waals surface area (Å²) in [5.74, 6) is 0.497. The molecule has 1 unspecified atom stereocenters. The average Bonchev–Trinajstić information content (AvgIpc) is 2.91. The first-order chi connectivity index (χ1) is 11.2. The lowest BCUT2D eigenvalue weighted by Gasteiger charge is -2.31. The number of hydrogen-bond donors (Lipinski definition) is 1. The molecule has 0 saturated heterocycles. The van der Waals surface area contributed by atoms with E-state index in [0.29, 0.717) is 11.8 Å². The fraction of sp³-hybridized carbons (Fsp3) is 0.350. The van der Waals surface area contributed by atoms with Gasteiger partial charge in [-0.1, -0.05) is 30.3 Å². The second-order valence-corrected chi connectivity index (χ2v) is 6.72. The summed E-state index contributed by atoms with van der Waals surface area (Å²) in [5.41, 5.74) is 3.03. The van der Waals surface area contributed by atoms with Crippen LogP contribution in [0.25, 0.3) is 0 Å². The van der Waals surface area contributed by atoms with Crippen LogP contribution in [0.1, 0.15) is 48.6 Å². The van der Waals surface area contributed by atoms with Crippen molar-refractivity contribution in [3.8, 4) is 0 Å². The molecule has 1 N–H and O–H groups in total. The SMILES string of the molecule is O=C1Nc2ccc(F)cc2C1C1CCC(c2ccccc2)CC1. The Kier molecular flexibility index (Phi) is 3.64. The lowest BCUT2D eigenvalue weighted by atomic mass is 9.72. The summed E-state index contributed by atoms with van der Waals surface area (Å²) in [7, 11) is 0. The Labute approximate surface area is 135 Å². The van der Waals surface area contributed by atoms with Gasteiger partial charge < -0.3 is 5.32 Å². The number of rotatable bonds is 2. The van der Waals surface area contributed by atoms with Gasteiger partial charge in [0, 0.05) is 5.69 Å². The van der Waals surface area contributed by atoms with E-state index in [0.717, 1.165) is 36.9 Å². The van der Waals surface area contributed by atoms with Crippen molar-refractivity contribution >= 4 is 11.6 Å². The maximum absolute atomic E-state index is 13.6. The van der Waals surface area contributed by atoms with Crippen LogP contribution in [-0.4, -0.2) is 5.91 Å². The summed E-state index contributed by atoms with van der Waals surface area (Å²) in [6.07, 6.45) is 4.24. The van der Waals surface area contributed by atoms with Gasteiger partial charge in [-0.05, 0) is 66.8 Å². The van der Waals surface area contributed by atoms with Crippen LogP contribution in [0.5, 0.6) is 0 Å². The van der Waals surface area contributed by atoms with Crippen LogP contribution in [0.4, 0.5) is 10.1 Å². The molecule has 118 valence electrons. The number of amides is 1. The molecule has 0 spiro atoms. The van der Waals surface area contributed by atoms with Gasteiger partial charge >= 0.3 is 0 Å². The first kappa shape index (κ1) is 14.4. The van der Waals surface area contributed by atoms with E-state index < -0.39 is 0 Å². The Hall–Kier alpha value is -2.16. The van der Waals surface area contributed by atoms with E-state index in [1.54, 1.807) is 6.07 Å². The molecule has 1 fully saturated rings. The van der Waals surface area contributed by atoms with Gasteiger partial charge in [0.25, 0.3) is 0 Å². The number of carbonyl (C=O) groups is 1. The molecule has 1 saturated carbocycles. The molecule has 2 aromatic carbocycles. The maximum atomic E-state index is 13.6. The molecule has 0 radical (unpaired) electrons. The number of hydrogen-bond acceptors (Lipinski definition) is 1. The van der Waals surface area contributed by atoms with Crippen molar-refractivity contribution in [1.29, 1.82) is 0 Å². The molecule has 3 heteroatoms. The molecule has 1 aliphatic heterocycles. The zero-order valence-electron chi connectivity index (χ0n) is 13.0. The van der Waals surface area contributed by atoms with Crippen molar-refractivity contribution < 1.29 is 9.18 Å². The molecular weight excluding hydrogens is 289 g/mol. The molecule has 1 aliphatic carbocycles. The molecule has 1 amide bonds. The quantitative estimate of drug-likeness (QED) is 0.845. The van der Waals surface area contributed by atoms with E-state index in [1.807, 2.05) is 6.07 Å². The molecule has 2 aromatic rings. The van der Waals surface area contributed by atoms with Crippen molar-refractivity contribution in [2.45, 2.75) is 37.5 Å². The zero-order valence-corrected chi connectivity index (χ0v) is 13.0. The molecule has 2 nitrogen and oxygen atoms in total. The van der Waals surface area contributed by atoms with Crippen LogP contribution in [0.3, 0.4) is 0 Å². The molecule has 0 aromatic heterocycles. The topological polar surface area (TPSA) is 29.1 Å². The van der Waals surface area contributed by atoms with E-state index in [2.05, 4.69) is 29.6 Å². The Bertz CT molecular complexity index is 720. The van der Waals surface area contributed by atoms with Gasteiger partial charge in [0.2, 0.25) is 5.91 Å². The van der Waals surface area contributed by atoms with E-state index in [9.17, 15) is 9.18 Å². The second kappa shape index (κ2) is 5.80. The average molecular weight is 309 g/mol. The Morgan fingerprint density at radius 1 is 0.957 bits per heavy atom. The van der Waals surface area contributed by atoms with E-state index >= 15 is 0 Å². The Morgan fingerprint density at radius 3 is 2.43 bits per heavy atom. The van der Waals surface area contributed by atoms with E-state index in [4.69, 9.17) is 0 Å². The summed E-state index contributed by atoms with van der Waals surface area (Å²) >= 11 is 0. The number of nitrogens with one attached hydrogen (secondary N) is 1. The first-order valence-corrected chi connectivity index (χ1v) is 8.37. The summed E-state index contributed by atoms with van der Waals surface area (Å²) in [4.78, 5) is 12.4. The third kappa shape index (κ3) is 2.65. The van der Waals surface area contributed by atoms with Crippen LogP contribution < -0.4 is 5.32 Å². The number of carbonyl (C=O) groups excluding carboxylic acids is 1. The zero-order chi connectivity index (χ0) is 15.8. The van der Waals surface area contributed by atoms with Gasteiger partial charge in [0.05, 0.1) is 5.92 Å². The highest BCUT2D eigenvalue weighted by Crippen LogP contribution is 2.46. The van der Waals surface area contributed by atoms with E-state index in [1.165, 1.54) is 17.7 Å². The fourth-order valence-electron chi connectivity index (χ4n) is 4.24. The maximum Gasteiger partial charge on any atom is 0.232 e. The highest BCUT2D eigenvalue weighted by Gasteiger charge is 2.38. The minimum atomic E-state index is -0.261. The highest BCUT2D eigenvalue weighted by molar-refractivity contribution is 6.03. The van der Waals surface area contributed by atoms with Crippen LogP contribution in [0.15, 0.2) is 48.5 Å². The van der Waals surface area contributed by atoms with Gasteiger partial charge in [-0.25, -0.2) is 4.39 Å². The third-order valence-electron chi connectivity index (χ3n) is 5.40. The molecule has 1 atom stereocenters. The van der Waals surface area contributed by atoms with Crippen molar-refractivity contribution in [3.05, 3.63) is 65.5 Å². The van der Waals surface area contributed by atoms with Gasteiger partial charge in [-0.3, -0.25) is 4.79 Å². The highest BCUT2D eigenvalue weighted by atomic mass is 19.1. The normalized spacial score (nSPS) is 26.7. The number of fused-ring (bicyclic) bond motifs is 1. The number of benzene rings is 2. The molecule has 1 heterocycles. The minimum Gasteiger partial charge on any atom is -0.325 e. The van der Waals surface area contributed by atoms with Gasteiger partial charge in [-0.15, -0.1) is 0 Å². The Morgan fingerprint density at radius 2 is 1.70 bits per heavy atom. The van der Waals surface area contributed by atoms with E-state index in [-0.39, 0.29) is 17.6 Å². The largest absolute Gasteiger partial charge is 0.325 e. The predicted octanol–water partition coefficient (Wildman–Crippen LogP) is 4.84. The number of anilines is 1. The van der Waals surface area contributed by atoms with Crippen molar-refractivity contribution in [3.63, 3.8) is 0 Å². The predicted molar refractivity (Wildman–Crippen MR) is 88.9 cm³/mol. The standard InChI is InChI=1S/C20H20FNO/c21-16-10-11-18-17(12-16)19(20(23)22-18)15-8-6-14(7-9-15)13-4-2-1-3-5-13/h1-5,10-12,14-15,19H,6-9H2,(H,22,23). The molecule has 23 heavy (non-hydrogen) atoms. The first-order valence-electron chi connectivity index (χ1n) is 8.37. The molecule has 4 rings (SSSR count). The lowest BCUT2D eigenvalue weighted by molar-refractivity contribution is -0.118. The number of halogens is 1. The monoisotopic (exact) mass is 309 g/mol. The molecular formula is C20H20FNO. The fourth-order valence-corrected chi connectivity index (χ4v) is 4.24. The van der Waals surface area contributed by atoms with Crippen molar-refractivity contribution in [1.82, 2.24) is 0 Å². The summed E-state index contributed by atoms with van der Waals surface area (Å²) in [6, 6.07) is 15.2. The summed E-state index contributed by atoms with van der Waals surface area (Å²) in [5, 5.41) is 2.91. The molecule has 0 bridgehead atoms. The molecule has 2 aliphatic rings. The second-order valence-electron chi connectivity index (χ2n) is 6.72. The minimum absolute atomic E-state index is 0.0359. The smallest absolute Gasteiger partial charge is 0.232 e. The lowest BCUT2D eigenvalue weighted by Crippen LogP contribution is -2.25. The summed E-state index contributed by atoms with van der Waals surface area (Å²) < 4.78 is 13.6. The van der Waals surface area contributed by atoms with Gasteiger partial charge in [0.15, 0.2) is 0 Å².